The van der Waals surface area contributed by atoms with Crippen molar-refractivity contribution >= 4 is 30.2 Å². The van der Waals surface area contributed by atoms with Crippen LogP contribution in [0.2, 0.25) is 0 Å². The fourth-order valence-electron chi connectivity index (χ4n) is 2.65. The Bertz CT molecular complexity index is 599. The van der Waals surface area contributed by atoms with Crippen molar-refractivity contribution in [3.8, 4) is 0 Å². The first-order chi connectivity index (χ1) is 16.7. The number of aliphatic imine (C=N–C) groups is 1. The number of carbonyl (C=O) groups excluding carboxylic acids is 4. The molecule has 0 aromatic rings. The summed E-state index contributed by atoms with van der Waals surface area (Å²) in [6.07, 6.45) is 4.86. The molecule has 0 aromatic carbocycles. The van der Waals surface area contributed by atoms with E-state index in [4.69, 9.17) is 21.3 Å². The molecule has 0 aliphatic carbocycles. The number of hydrogen-bond acceptors (Lipinski definition) is 7. The van der Waals surface area contributed by atoms with Gasteiger partial charge in [0, 0.05) is 13.7 Å². The molecular formula is C23H48N6O6. The average molecular weight is 505 g/mol. The van der Waals surface area contributed by atoms with Crippen LogP contribution in [-0.4, -0.2) is 74.1 Å². The molecule has 3 amide bonds. The van der Waals surface area contributed by atoms with Crippen LogP contribution < -0.4 is 27.4 Å². The summed E-state index contributed by atoms with van der Waals surface area (Å²) in [5, 5.41) is 14.4. The lowest BCUT2D eigenvalue weighted by atomic mass is 10.0. The van der Waals surface area contributed by atoms with E-state index in [0.717, 1.165) is 32.8 Å². The van der Waals surface area contributed by atoms with Gasteiger partial charge in [0.1, 0.15) is 18.9 Å². The second kappa shape index (κ2) is 25.7. The quantitative estimate of drug-likeness (QED) is 0.0767. The highest BCUT2D eigenvalue weighted by Gasteiger charge is 2.19. The smallest absolute Gasteiger partial charge is 0.407 e. The molecular weight excluding hydrogens is 456 g/mol. The van der Waals surface area contributed by atoms with Gasteiger partial charge in [0.2, 0.25) is 11.8 Å². The zero-order valence-electron chi connectivity index (χ0n) is 22.3. The third kappa shape index (κ3) is 22.7. The summed E-state index contributed by atoms with van der Waals surface area (Å²) in [6, 6.07) is -1.60. The van der Waals surface area contributed by atoms with E-state index in [1.54, 1.807) is 0 Å². The number of aldehydes is 1. The first kappa shape index (κ1) is 36.7. The lowest BCUT2D eigenvalue weighted by molar-refractivity contribution is -0.129. The summed E-state index contributed by atoms with van der Waals surface area (Å²) in [6.45, 7) is 9.95. The molecule has 12 heteroatoms. The predicted molar refractivity (Wildman–Crippen MR) is 138 cm³/mol. The monoisotopic (exact) mass is 504 g/mol. The van der Waals surface area contributed by atoms with Gasteiger partial charge in [0.05, 0.1) is 12.6 Å². The van der Waals surface area contributed by atoms with Gasteiger partial charge in [0.25, 0.3) is 0 Å². The van der Waals surface area contributed by atoms with Crippen molar-refractivity contribution < 1.29 is 29.0 Å². The number of unbranched alkanes of at least 4 members (excludes halogenated alkanes) is 1. The van der Waals surface area contributed by atoms with Crippen molar-refractivity contribution in [1.82, 2.24) is 16.0 Å². The summed E-state index contributed by atoms with van der Waals surface area (Å²) < 4.78 is 5.15. The second-order valence-electron chi connectivity index (χ2n) is 7.36. The first-order valence-corrected chi connectivity index (χ1v) is 12.2. The second-order valence-corrected chi connectivity index (χ2v) is 7.36. The summed E-state index contributed by atoms with van der Waals surface area (Å²) in [7, 11) is 1.00. The van der Waals surface area contributed by atoms with Crippen LogP contribution in [0, 0.1) is 5.92 Å². The fraction of sp³-hybridized carbons (Fsp3) is 0.783. The van der Waals surface area contributed by atoms with E-state index in [2.05, 4.69) is 27.9 Å². The van der Waals surface area contributed by atoms with Crippen LogP contribution in [0.15, 0.2) is 4.99 Å². The Hall–Kier alpha value is -2.89. The van der Waals surface area contributed by atoms with Gasteiger partial charge >= 0.3 is 6.09 Å². The molecule has 3 atom stereocenters. The van der Waals surface area contributed by atoms with Gasteiger partial charge in [-0.25, -0.2) is 4.79 Å². The summed E-state index contributed by atoms with van der Waals surface area (Å²) in [4.78, 5) is 50.8. The molecule has 12 nitrogen and oxygen atoms in total. The summed E-state index contributed by atoms with van der Waals surface area (Å²) >= 11 is 0. The van der Waals surface area contributed by atoms with E-state index < -0.39 is 30.0 Å². The number of rotatable bonds is 16. The van der Waals surface area contributed by atoms with Crippen molar-refractivity contribution in [2.45, 2.75) is 85.2 Å². The summed E-state index contributed by atoms with van der Waals surface area (Å²) in [5.41, 5.74) is 10.4. The molecule has 0 aromatic heterocycles. The van der Waals surface area contributed by atoms with E-state index in [1.165, 1.54) is 6.92 Å². The third-order valence-electron chi connectivity index (χ3n) is 4.62. The van der Waals surface area contributed by atoms with Gasteiger partial charge in [-0.1, -0.05) is 47.0 Å². The average Bonchev–Trinajstić information content (AvgIpc) is 2.86. The molecule has 0 saturated heterocycles. The van der Waals surface area contributed by atoms with Crippen molar-refractivity contribution in [1.29, 1.82) is 0 Å². The molecule has 8 N–H and O–H groups in total. The van der Waals surface area contributed by atoms with E-state index in [0.29, 0.717) is 38.2 Å². The van der Waals surface area contributed by atoms with Gasteiger partial charge in [-0.05, 0) is 32.1 Å². The molecule has 0 rings (SSSR count). The van der Waals surface area contributed by atoms with Gasteiger partial charge < -0.3 is 42.1 Å². The van der Waals surface area contributed by atoms with E-state index in [9.17, 15) is 19.2 Å². The minimum atomic E-state index is -0.885. The minimum Gasteiger partial charge on any atom is -0.449 e. The number of ether oxygens (including phenoxy) is 1. The van der Waals surface area contributed by atoms with E-state index >= 15 is 0 Å². The molecule has 0 saturated carbocycles. The molecule has 0 aliphatic heterocycles. The van der Waals surface area contributed by atoms with Gasteiger partial charge in [-0.15, -0.1) is 0 Å². The topological polar surface area (TPSA) is 198 Å². The Kier molecular flexibility index (Phi) is 27.0. The molecule has 35 heavy (non-hydrogen) atoms. The molecule has 0 heterocycles. The number of guanidine groups is 1. The van der Waals surface area contributed by atoms with Crippen LogP contribution in [0.3, 0.4) is 0 Å². The van der Waals surface area contributed by atoms with E-state index in [-0.39, 0.29) is 12.5 Å². The Morgan fingerprint density at radius 1 is 1.06 bits per heavy atom. The Balaban J connectivity index is -0.00000242. The van der Waals surface area contributed by atoms with Crippen LogP contribution >= 0.6 is 0 Å². The molecule has 0 fully saturated rings. The number of aliphatic hydroxyl groups is 1. The first-order valence-electron chi connectivity index (χ1n) is 12.2. The summed E-state index contributed by atoms with van der Waals surface area (Å²) in [5.74, 6) is -0.805. The zero-order valence-corrected chi connectivity index (χ0v) is 22.3. The molecule has 1 unspecified atom stereocenters. The maximum Gasteiger partial charge on any atom is 0.407 e. The zero-order chi connectivity index (χ0) is 27.6. The normalized spacial score (nSPS) is 12.1. The van der Waals surface area contributed by atoms with Crippen molar-refractivity contribution in [2.75, 3.05) is 26.8 Å². The number of nitrogens with one attached hydrogen (secondary N) is 3. The number of nitrogens with zero attached hydrogens (tertiary/aromatic N) is 1. The highest BCUT2D eigenvalue weighted by molar-refractivity contribution is 5.90. The molecule has 0 spiro atoms. The molecule has 0 aliphatic rings. The molecule has 0 bridgehead atoms. The lowest BCUT2D eigenvalue weighted by Crippen LogP contribution is -2.50. The Morgan fingerprint density at radius 3 is 2.20 bits per heavy atom. The largest absolute Gasteiger partial charge is 0.449 e. The van der Waals surface area contributed by atoms with Gasteiger partial charge in [-0.3, -0.25) is 14.6 Å². The predicted octanol–water partition coefficient (Wildman–Crippen LogP) is 0.806. The maximum absolute atomic E-state index is 12.2. The fourth-order valence-corrected chi connectivity index (χ4v) is 2.65. The lowest BCUT2D eigenvalue weighted by Gasteiger charge is -2.18. The Labute approximate surface area is 210 Å². The van der Waals surface area contributed by atoms with Gasteiger partial charge in [0.15, 0.2) is 5.96 Å². The molecule has 0 radical (unpaired) electrons. The number of hydrogen-bond donors (Lipinski definition) is 6. The number of aliphatic hydroxyl groups excluding tert-OH is 1. The third-order valence-corrected chi connectivity index (χ3v) is 4.62. The number of carbonyl (C=O) groups is 4. The number of alkyl carbamates (subject to hydrolysis) is 1. The SMILES string of the molecule is CC.CCCCC(CC)COC(=O)NCC(=O)N[C@@H](C)C(=O)N[C@H](C=O)CCCN=C(N)N.CO. The van der Waals surface area contributed by atoms with Crippen LogP contribution in [0.25, 0.3) is 0 Å². The van der Waals surface area contributed by atoms with Crippen molar-refractivity contribution in [2.24, 2.45) is 22.4 Å². The van der Waals surface area contributed by atoms with Crippen LogP contribution in [-0.2, 0) is 19.1 Å². The number of nitrogens with two attached hydrogens (primary N) is 2. The standard InChI is InChI=1S/C20H38N6O5.C2H6.CH4O/c1-4-6-8-15(5-2)13-31-20(30)24-11-17(28)25-14(3)18(29)26-16(12-27)9-7-10-23-19(21)22;2*1-2/h12,14-16H,4-11,13H2,1-3H3,(H,24,30)(H,25,28)(H,26,29)(H4,21,22,23);1-2H3;2H,1H3/t14-,15?,16-;;/m0../s1. The van der Waals surface area contributed by atoms with Crippen LogP contribution in [0.4, 0.5) is 4.79 Å². The van der Waals surface area contributed by atoms with Crippen molar-refractivity contribution in [3.05, 3.63) is 0 Å². The van der Waals surface area contributed by atoms with E-state index in [1.807, 2.05) is 20.8 Å². The van der Waals surface area contributed by atoms with Crippen LogP contribution in [0.1, 0.15) is 73.1 Å². The highest BCUT2D eigenvalue weighted by atomic mass is 16.5. The highest BCUT2D eigenvalue weighted by Crippen LogP contribution is 2.12. The Morgan fingerprint density at radius 2 is 1.69 bits per heavy atom. The maximum atomic E-state index is 12.2. The van der Waals surface area contributed by atoms with Crippen LogP contribution in [0.5, 0.6) is 0 Å². The number of amides is 3. The van der Waals surface area contributed by atoms with Crippen molar-refractivity contribution in [3.63, 3.8) is 0 Å². The van der Waals surface area contributed by atoms with Gasteiger partial charge in [-0.2, -0.15) is 0 Å². The minimum absolute atomic E-state index is 0.0396. The molecule has 206 valence electrons.